The highest BCUT2D eigenvalue weighted by molar-refractivity contribution is 7.16. The van der Waals surface area contributed by atoms with Crippen molar-refractivity contribution in [3.63, 3.8) is 0 Å². The second-order valence-electron chi connectivity index (χ2n) is 5.10. The van der Waals surface area contributed by atoms with Gasteiger partial charge in [-0.05, 0) is 19.9 Å². The summed E-state index contributed by atoms with van der Waals surface area (Å²) in [5.41, 5.74) is 0.120. The minimum Gasteiger partial charge on any atom is -0.388 e. The van der Waals surface area contributed by atoms with Gasteiger partial charge in [-0.2, -0.15) is 0 Å². The van der Waals surface area contributed by atoms with E-state index in [-0.39, 0.29) is 10.6 Å². The van der Waals surface area contributed by atoms with Crippen LogP contribution in [0.15, 0.2) is 6.07 Å². The van der Waals surface area contributed by atoms with Gasteiger partial charge in [-0.25, -0.2) is 0 Å². The second-order valence-corrected chi connectivity index (χ2v) is 6.16. The zero-order valence-corrected chi connectivity index (χ0v) is 12.7. The van der Waals surface area contributed by atoms with Crippen LogP contribution in [0.1, 0.15) is 31.2 Å². The summed E-state index contributed by atoms with van der Waals surface area (Å²) >= 11 is 1.33. The molecule has 0 saturated carbocycles. The van der Waals surface area contributed by atoms with Gasteiger partial charge < -0.3 is 10.0 Å². The minimum absolute atomic E-state index is 0.120. The number of hydrogen-bond donors (Lipinski definition) is 1. The summed E-state index contributed by atoms with van der Waals surface area (Å²) in [6.45, 7) is 8.37. The molecule has 0 spiro atoms. The molecular weight excluding hydrogens is 278 g/mol. The van der Waals surface area contributed by atoms with Crippen molar-refractivity contribution < 1.29 is 10.0 Å². The Morgan fingerprint density at radius 2 is 2.10 bits per heavy atom. The predicted octanol–water partition coefficient (Wildman–Crippen LogP) is 2.24. The van der Waals surface area contributed by atoms with E-state index in [0.29, 0.717) is 9.88 Å². The van der Waals surface area contributed by atoms with Crippen LogP contribution < -0.4 is 4.90 Å². The fourth-order valence-corrected chi connectivity index (χ4v) is 3.56. The largest absolute Gasteiger partial charge is 0.388 e. The normalized spacial score (nSPS) is 18.2. The summed E-state index contributed by atoms with van der Waals surface area (Å²) < 4.78 is 0. The average Bonchev–Trinajstić information content (AvgIpc) is 2.85. The highest BCUT2D eigenvalue weighted by atomic mass is 32.1. The van der Waals surface area contributed by atoms with Gasteiger partial charge in [0.2, 0.25) is 0 Å². The van der Waals surface area contributed by atoms with Gasteiger partial charge in [0, 0.05) is 37.1 Å². The molecule has 1 unspecified atom stereocenters. The van der Waals surface area contributed by atoms with E-state index in [1.54, 1.807) is 6.92 Å². The van der Waals surface area contributed by atoms with E-state index in [1.807, 2.05) is 0 Å². The summed E-state index contributed by atoms with van der Waals surface area (Å²) in [6.07, 6.45) is 0.472. The zero-order valence-electron chi connectivity index (χ0n) is 11.9. The molecule has 0 radical (unpaired) electrons. The first kappa shape index (κ1) is 15.2. The number of thiophene rings is 1. The Balaban J connectivity index is 2.14. The summed E-state index contributed by atoms with van der Waals surface area (Å²) in [4.78, 5) is 15.9. The molecule has 1 N–H and O–H groups in total. The van der Waals surface area contributed by atoms with Gasteiger partial charge in [0.15, 0.2) is 5.00 Å². The van der Waals surface area contributed by atoms with Crippen LogP contribution in [-0.4, -0.2) is 47.7 Å². The Hall–Kier alpha value is -1.18. The molecule has 6 nitrogen and oxygen atoms in total. The van der Waals surface area contributed by atoms with Crippen molar-refractivity contribution in [2.24, 2.45) is 0 Å². The SMILES string of the molecule is CCCN1CCN(c2sc(C(C)O)cc2[N+](=O)[O-])CC1. The molecule has 1 saturated heterocycles. The third kappa shape index (κ3) is 3.28. The number of aliphatic hydroxyl groups excluding tert-OH is 1. The summed E-state index contributed by atoms with van der Waals surface area (Å²) in [5, 5.41) is 21.5. The molecule has 1 aliphatic heterocycles. The van der Waals surface area contributed by atoms with Gasteiger partial charge in [-0.3, -0.25) is 15.0 Å². The van der Waals surface area contributed by atoms with Gasteiger partial charge in [-0.15, -0.1) is 11.3 Å². The van der Waals surface area contributed by atoms with E-state index in [9.17, 15) is 15.2 Å². The number of rotatable bonds is 5. The van der Waals surface area contributed by atoms with Crippen molar-refractivity contribution in [1.82, 2.24) is 4.90 Å². The lowest BCUT2D eigenvalue weighted by atomic mass is 10.3. The lowest BCUT2D eigenvalue weighted by Gasteiger charge is -2.34. The fourth-order valence-electron chi connectivity index (χ4n) is 2.44. The van der Waals surface area contributed by atoms with Crippen LogP contribution in [-0.2, 0) is 0 Å². The van der Waals surface area contributed by atoms with Gasteiger partial charge in [-0.1, -0.05) is 6.92 Å². The minimum atomic E-state index is -0.658. The highest BCUT2D eigenvalue weighted by Gasteiger charge is 2.27. The van der Waals surface area contributed by atoms with Crippen LogP contribution in [0.5, 0.6) is 0 Å². The number of anilines is 1. The number of hydrogen-bond acceptors (Lipinski definition) is 6. The van der Waals surface area contributed by atoms with Crippen LogP contribution in [0.4, 0.5) is 10.7 Å². The molecule has 1 aromatic rings. The van der Waals surface area contributed by atoms with Crippen molar-refractivity contribution in [2.45, 2.75) is 26.4 Å². The van der Waals surface area contributed by atoms with Gasteiger partial charge >= 0.3 is 5.69 Å². The van der Waals surface area contributed by atoms with Gasteiger partial charge in [0.05, 0.1) is 11.0 Å². The van der Waals surface area contributed by atoms with E-state index < -0.39 is 6.10 Å². The average molecular weight is 299 g/mol. The second kappa shape index (κ2) is 6.51. The third-order valence-electron chi connectivity index (χ3n) is 3.52. The van der Waals surface area contributed by atoms with E-state index in [0.717, 1.165) is 39.1 Å². The Bertz CT molecular complexity index is 467. The number of nitro groups is 1. The quantitative estimate of drug-likeness (QED) is 0.667. The molecule has 0 bridgehead atoms. The molecule has 1 atom stereocenters. The molecule has 1 aliphatic rings. The van der Waals surface area contributed by atoms with Crippen LogP contribution in [0, 0.1) is 10.1 Å². The molecule has 1 fully saturated rings. The molecule has 2 heterocycles. The van der Waals surface area contributed by atoms with Crippen LogP contribution in [0.3, 0.4) is 0 Å². The lowest BCUT2D eigenvalue weighted by molar-refractivity contribution is -0.383. The van der Waals surface area contributed by atoms with Gasteiger partial charge in [0.25, 0.3) is 0 Å². The molecule has 0 aliphatic carbocycles. The van der Waals surface area contributed by atoms with Crippen molar-refractivity contribution in [3.8, 4) is 0 Å². The molecule has 112 valence electrons. The maximum absolute atomic E-state index is 11.2. The summed E-state index contributed by atoms with van der Waals surface area (Å²) in [7, 11) is 0. The Morgan fingerprint density at radius 1 is 1.45 bits per heavy atom. The Labute approximate surface area is 122 Å². The first-order valence-corrected chi connectivity index (χ1v) is 7.78. The smallest absolute Gasteiger partial charge is 0.304 e. The molecular formula is C13H21N3O3S. The number of nitrogens with zero attached hydrogens (tertiary/aromatic N) is 3. The van der Waals surface area contributed by atoms with E-state index in [1.165, 1.54) is 17.4 Å². The molecule has 20 heavy (non-hydrogen) atoms. The Kier molecular flexibility index (Phi) is 4.95. The summed E-state index contributed by atoms with van der Waals surface area (Å²) in [5.74, 6) is 0. The fraction of sp³-hybridized carbons (Fsp3) is 0.692. The Morgan fingerprint density at radius 3 is 2.60 bits per heavy atom. The van der Waals surface area contributed by atoms with Crippen LogP contribution in [0.2, 0.25) is 0 Å². The zero-order chi connectivity index (χ0) is 14.7. The highest BCUT2D eigenvalue weighted by Crippen LogP contribution is 2.40. The molecule has 0 aromatic carbocycles. The lowest BCUT2D eigenvalue weighted by Crippen LogP contribution is -2.46. The standard InChI is InChI=1S/C13H21N3O3S/c1-3-4-14-5-7-15(8-6-14)13-11(16(18)19)9-12(20-13)10(2)17/h9-10,17H,3-8H2,1-2H3. The first-order valence-electron chi connectivity index (χ1n) is 6.96. The molecule has 7 heteroatoms. The molecule has 2 rings (SSSR count). The molecule has 0 amide bonds. The molecule has 1 aromatic heterocycles. The van der Waals surface area contributed by atoms with Crippen LogP contribution >= 0.6 is 11.3 Å². The van der Waals surface area contributed by atoms with Crippen molar-refractivity contribution in [3.05, 3.63) is 21.1 Å². The van der Waals surface area contributed by atoms with Crippen molar-refractivity contribution in [1.29, 1.82) is 0 Å². The first-order chi connectivity index (χ1) is 9.52. The third-order valence-corrected chi connectivity index (χ3v) is 4.88. The van der Waals surface area contributed by atoms with E-state index >= 15 is 0 Å². The predicted molar refractivity (Wildman–Crippen MR) is 80.6 cm³/mol. The van der Waals surface area contributed by atoms with Crippen molar-refractivity contribution in [2.75, 3.05) is 37.6 Å². The monoisotopic (exact) mass is 299 g/mol. The maximum atomic E-state index is 11.2. The van der Waals surface area contributed by atoms with Gasteiger partial charge in [0.1, 0.15) is 0 Å². The van der Waals surface area contributed by atoms with E-state index in [2.05, 4.69) is 16.7 Å². The number of piperazine rings is 1. The topological polar surface area (TPSA) is 69.8 Å². The van der Waals surface area contributed by atoms with Crippen molar-refractivity contribution >= 4 is 22.0 Å². The van der Waals surface area contributed by atoms with E-state index in [4.69, 9.17) is 0 Å². The summed E-state index contributed by atoms with van der Waals surface area (Å²) in [6, 6.07) is 1.50. The number of aliphatic hydroxyl groups is 1. The van der Waals surface area contributed by atoms with Crippen LogP contribution in [0.25, 0.3) is 0 Å². The maximum Gasteiger partial charge on any atom is 0.304 e.